The van der Waals surface area contributed by atoms with Crippen molar-refractivity contribution in [2.45, 2.75) is 6.92 Å². The molecule has 2 rings (SSSR count). The molecule has 0 amide bonds. The highest BCUT2D eigenvalue weighted by Crippen LogP contribution is 2.22. The fourth-order valence-corrected chi connectivity index (χ4v) is 2.03. The molecule has 0 unspecified atom stereocenters. The lowest BCUT2D eigenvalue weighted by Gasteiger charge is -2.05. The first-order chi connectivity index (χ1) is 10.5. The number of nitriles is 1. The zero-order valence-corrected chi connectivity index (χ0v) is 12.2. The maximum atomic E-state index is 11.8. The summed E-state index contributed by atoms with van der Waals surface area (Å²) in [6.45, 7) is 1.76. The van der Waals surface area contributed by atoms with Gasteiger partial charge in [-0.25, -0.2) is 4.79 Å². The molecule has 0 bridgehead atoms. The summed E-state index contributed by atoms with van der Waals surface area (Å²) in [5, 5.41) is 9.15. The van der Waals surface area contributed by atoms with Crippen molar-refractivity contribution in [3.63, 3.8) is 0 Å². The normalized spacial score (nSPS) is 10.4. The average Bonchev–Trinajstić information content (AvgIpc) is 2.52. The van der Waals surface area contributed by atoms with Gasteiger partial charge >= 0.3 is 5.97 Å². The Morgan fingerprint density at radius 1 is 1.32 bits per heavy atom. The van der Waals surface area contributed by atoms with Gasteiger partial charge in [-0.1, -0.05) is 24.3 Å². The van der Waals surface area contributed by atoms with E-state index in [0.29, 0.717) is 11.3 Å². The Labute approximate surface area is 127 Å². The summed E-state index contributed by atoms with van der Waals surface area (Å²) < 4.78 is 4.52. The van der Waals surface area contributed by atoms with Crippen molar-refractivity contribution in [2.75, 3.05) is 7.11 Å². The van der Waals surface area contributed by atoms with Crippen molar-refractivity contribution in [3.05, 3.63) is 63.6 Å². The third-order valence-electron chi connectivity index (χ3n) is 3.11. The first-order valence-corrected chi connectivity index (χ1v) is 6.55. The van der Waals surface area contributed by atoms with Crippen LogP contribution in [0, 0.1) is 18.3 Å². The Kier molecular flexibility index (Phi) is 4.54. The molecule has 0 aliphatic carbocycles. The molecule has 1 N–H and O–H groups in total. The van der Waals surface area contributed by atoms with E-state index in [1.165, 1.54) is 13.2 Å². The molecule has 2 aromatic rings. The first-order valence-electron chi connectivity index (χ1n) is 6.55. The molecule has 22 heavy (non-hydrogen) atoms. The molecule has 0 aliphatic heterocycles. The molecule has 5 nitrogen and oxygen atoms in total. The highest BCUT2D eigenvalue weighted by atomic mass is 16.5. The molecule has 1 heterocycles. The molecule has 0 fully saturated rings. The van der Waals surface area contributed by atoms with Gasteiger partial charge in [0.25, 0.3) is 5.56 Å². The van der Waals surface area contributed by atoms with Crippen LogP contribution >= 0.6 is 0 Å². The van der Waals surface area contributed by atoms with E-state index < -0.39 is 11.5 Å². The molecule has 0 saturated heterocycles. The summed E-state index contributed by atoms with van der Waals surface area (Å²) in [5.74, 6) is -0.430. The number of benzene rings is 1. The number of hydrogen-bond donors (Lipinski definition) is 1. The van der Waals surface area contributed by atoms with Crippen molar-refractivity contribution < 1.29 is 9.53 Å². The van der Waals surface area contributed by atoms with Crippen molar-refractivity contribution in [1.82, 2.24) is 4.98 Å². The zero-order chi connectivity index (χ0) is 16.1. The lowest BCUT2D eigenvalue weighted by Crippen LogP contribution is -2.12. The van der Waals surface area contributed by atoms with Gasteiger partial charge in [-0.2, -0.15) is 5.26 Å². The van der Waals surface area contributed by atoms with Crippen molar-refractivity contribution in [1.29, 1.82) is 5.26 Å². The topological polar surface area (TPSA) is 83.0 Å². The van der Waals surface area contributed by atoms with Gasteiger partial charge in [-0.3, -0.25) is 4.79 Å². The number of H-pyrrole nitrogens is 1. The Morgan fingerprint density at radius 3 is 2.59 bits per heavy atom. The minimum Gasteiger partial charge on any atom is -0.466 e. The van der Waals surface area contributed by atoms with Crippen LogP contribution in [0.1, 0.15) is 16.8 Å². The molecule has 1 aromatic carbocycles. The van der Waals surface area contributed by atoms with Gasteiger partial charge < -0.3 is 9.72 Å². The van der Waals surface area contributed by atoms with Crippen LogP contribution in [-0.4, -0.2) is 18.1 Å². The second-order valence-corrected chi connectivity index (χ2v) is 4.66. The quantitative estimate of drug-likeness (QED) is 0.696. The van der Waals surface area contributed by atoms with Crippen LogP contribution in [0.5, 0.6) is 0 Å². The largest absolute Gasteiger partial charge is 0.466 e. The number of carbonyl (C=O) groups excluding carboxylic acids is 1. The van der Waals surface area contributed by atoms with Crippen LogP contribution in [0.25, 0.3) is 17.2 Å². The van der Waals surface area contributed by atoms with E-state index in [9.17, 15) is 9.59 Å². The van der Waals surface area contributed by atoms with Crippen LogP contribution in [0.3, 0.4) is 0 Å². The summed E-state index contributed by atoms with van der Waals surface area (Å²) in [6, 6.07) is 10.9. The number of carbonyl (C=O) groups is 1. The average molecular weight is 294 g/mol. The molecular formula is C17H14N2O3. The van der Waals surface area contributed by atoms with E-state index in [1.807, 2.05) is 6.07 Å². The number of rotatable bonds is 3. The van der Waals surface area contributed by atoms with Gasteiger partial charge in [0.15, 0.2) is 0 Å². The molecule has 0 spiro atoms. The number of hydrogen-bond acceptors (Lipinski definition) is 4. The fourth-order valence-electron chi connectivity index (χ4n) is 2.03. The second kappa shape index (κ2) is 6.55. The van der Waals surface area contributed by atoms with E-state index in [2.05, 4.69) is 9.72 Å². The zero-order valence-electron chi connectivity index (χ0n) is 12.2. The summed E-state index contributed by atoms with van der Waals surface area (Å²) in [5.41, 5.74) is 2.55. The minimum atomic E-state index is -0.430. The van der Waals surface area contributed by atoms with Gasteiger partial charge in [-0.05, 0) is 30.2 Å². The van der Waals surface area contributed by atoms with Crippen LogP contribution < -0.4 is 5.56 Å². The minimum absolute atomic E-state index is 0.0865. The molecule has 0 aliphatic rings. The molecule has 5 heteroatoms. The van der Waals surface area contributed by atoms with Gasteiger partial charge in [0, 0.05) is 17.3 Å². The Hall–Kier alpha value is -3.13. The fraction of sp³-hybridized carbons (Fsp3) is 0.118. The second-order valence-electron chi connectivity index (χ2n) is 4.66. The van der Waals surface area contributed by atoms with E-state index >= 15 is 0 Å². The highest BCUT2D eigenvalue weighted by molar-refractivity contribution is 5.87. The third kappa shape index (κ3) is 3.30. The molecule has 0 saturated carbocycles. The molecule has 1 aromatic heterocycles. The van der Waals surface area contributed by atoms with E-state index in [1.54, 1.807) is 43.3 Å². The number of methoxy groups -OCH3 is 1. The molecular weight excluding hydrogens is 280 g/mol. The van der Waals surface area contributed by atoms with Crippen molar-refractivity contribution >= 4 is 12.0 Å². The standard InChI is InChI=1S/C17H14N2O3/c1-11-9-14(15(10-18)17(21)19-11)13-6-3-12(4-7-13)5-8-16(20)22-2/h3-9H,1-2H3,(H,19,21). The maximum Gasteiger partial charge on any atom is 0.330 e. The Balaban J connectivity index is 2.40. The number of aromatic nitrogens is 1. The molecule has 110 valence electrons. The number of esters is 1. The van der Waals surface area contributed by atoms with Gasteiger partial charge in [0.1, 0.15) is 11.6 Å². The summed E-state index contributed by atoms with van der Waals surface area (Å²) in [6.07, 6.45) is 2.96. The van der Waals surface area contributed by atoms with E-state index in [0.717, 1.165) is 11.1 Å². The van der Waals surface area contributed by atoms with Crippen molar-refractivity contribution in [2.24, 2.45) is 0 Å². The predicted molar refractivity (Wildman–Crippen MR) is 83.0 cm³/mol. The summed E-state index contributed by atoms with van der Waals surface area (Å²) >= 11 is 0. The number of pyridine rings is 1. The number of aryl methyl sites for hydroxylation is 1. The third-order valence-corrected chi connectivity index (χ3v) is 3.11. The van der Waals surface area contributed by atoms with Crippen LogP contribution in [0.15, 0.2) is 41.2 Å². The van der Waals surface area contributed by atoms with Crippen molar-refractivity contribution in [3.8, 4) is 17.2 Å². The Morgan fingerprint density at radius 2 is 2.00 bits per heavy atom. The monoisotopic (exact) mass is 294 g/mol. The highest BCUT2D eigenvalue weighted by Gasteiger charge is 2.09. The van der Waals surface area contributed by atoms with Crippen LogP contribution in [0.2, 0.25) is 0 Å². The number of nitrogens with zero attached hydrogens (tertiary/aromatic N) is 1. The number of aromatic amines is 1. The smallest absolute Gasteiger partial charge is 0.330 e. The van der Waals surface area contributed by atoms with Gasteiger partial charge in [-0.15, -0.1) is 0 Å². The summed E-state index contributed by atoms with van der Waals surface area (Å²) in [7, 11) is 1.31. The van der Waals surface area contributed by atoms with Crippen LogP contribution in [0.4, 0.5) is 0 Å². The molecule has 0 radical (unpaired) electrons. The molecule has 0 atom stereocenters. The van der Waals surface area contributed by atoms with Gasteiger partial charge in [0.05, 0.1) is 7.11 Å². The van der Waals surface area contributed by atoms with E-state index in [4.69, 9.17) is 5.26 Å². The Bertz CT molecular complexity index is 824. The number of ether oxygens (including phenoxy) is 1. The number of nitrogens with one attached hydrogen (secondary N) is 1. The van der Waals surface area contributed by atoms with Gasteiger partial charge in [0.2, 0.25) is 0 Å². The lowest BCUT2D eigenvalue weighted by atomic mass is 10.00. The SMILES string of the molecule is COC(=O)C=Cc1ccc(-c2cc(C)[nH]c(=O)c2C#N)cc1. The predicted octanol–water partition coefficient (Wildman–Crippen LogP) is 2.41. The van der Waals surface area contributed by atoms with Crippen LogP contribution in [-0.2, 0) is 9.53 Å². The summed E-state index contributed by atoms with van der Waals surface area (Å²) in [4.78, 5) is 25.5. The first kappa shape index (κ1) is 15.3. The lowest BCUT2D eigenvalue weighted by molar-refractivity contribution is -0.134. The van der Waals surface area contributed by atoms with E-state index in [-0.39, 0.29) is 5.56 Å². The maximum absolute atomic E-state index is 11.8.